The van der Waals surface area contributed by atoms with Crippen molar-refractivity contribution in [3.63, 3.8) is 0 Å². The molecule has 5 heteroatoms. The van der Waals surface area contributed by atoms with E-state index in [-0.39, 0.29) is 12.5 Å². The van der Waals surface area contributed by atoms with Gasteiger partial charge in [0.2, 0.25) is 5.88 Å². The lowest BCUT2D eigenvalue weighted by atomic mass is 10.2. The van der Waals surface area contributed by atoms with Gasteiger partial charge in [-0.05, 0) is 31.2 Å². The third kappa shape index (κ3) is 3.29. The molecule has 0 radical (unpaired) electrons. The van der Waals surface area contributed by atoms with Crippen LogP contribution in [0.2, 0.25) is 0 Å². The number of para-hydroxylation sites is 2. The van der Waals surface area contributed by atoms with Crippen molar-refractivity contribution in [1.82, 2.24) is 9.97 Å². The SMILES string of the molecule is CCN(C(=O)COc1ncnc2ccccc12)c1ccccc1. The Balaban J connectivity index is 1.75. The molecule has 0 saturated heterocycles. The maximum atomic E-state index is 12.4. The van der Waals surface area contributed by atoms with Crippen molar-refractivity contribution >= 4 is 22.5 Å². The molecule has 116 valence electrons. The number of carbonyl (C=O) groups is 1. The zero-order valence-electron chi connectivity index (χ0n) is 12.8. The summed E-state index contributed by atoms with van der Waals surface area (Å²) < 4.78 is 5.64. The first-order valence-electron chi connectivity index (χ1n) is 7.47. The number of hydrogen-bond donors (Lipinski definition) is 0. The van der Waals surface area contributed by atoms with E-state index in [9.17, 15) is 4.79 Å². The Morgan fingerprint density at radius 3 is 2.57 bits per heavy atom. The summed E-state index contributed by atoms with van der Waals surface area (Å²) >= 11 is 0. The molecule has 2 aromatic carbocycles. The summed E-state index contributed by atoms with van der Waals surface area (Å²) in [5.41, 5.74) is 1.65. The number of benzene rings is 2. The first kappa shape index (κ1) is 15.0. The van der Waals surface area contributed by atoms with Crippen LogP contribution in [0.15, 0.2) is 60.9 Å². The highest BCUT2D eigenvalue weighted by molar-refractivity contribution is 5.94. The number of fused-ring (bicyclic) bond motifs is 1. The van der Waals surface area contributed by atoms with Crippen molar-refractivity contribution in [3.05, 3.63) is 60.9 Å². The van der Waals surface area contributed by atoms with E-state index < -0.39 is 0 Å². The van der Waals surface area contributed by atoms with Crippen LogP contribution in [0.5, 0.6) is 5.88 Å². The summed E-state index contributed by atoms with van der Waals surface area (Å²) in [6, 6.07) is 17.1. The molecule has 0 aliphatic carbocycles. The average molecular weight is 307 g/mol. The van der Waals surface area contributed by atoms with E-state index in [4.69, 9.17) is 4.74 Å². The Kier molecular flexibility index (Phi) is 4.47. The number of carbonyl (C=O) groups excluding carboxylic acids is 1. The minimum absolute atomic E-state index is 0.0657. The lowest BCUT2D eigenvalue weighted by Gasteiger charge is -2.21. The van der Waals surface area contributed by atoms with Gasteiger partial charge in [-0.25, -0.2) is 9.97 Å². The minimum Gasteiger partial charge on any atom is -0.467 e. The van der Waals surface area contributed by atoms with Gasteiger partial charge in [0.1, 0.15) is 6.33 Å². The average Bonchev–Trinajstić information content (AvgIpc) is 2.61. The van der Waals surface area contributed by atoms with Crippen molar-refractivity contribution in [2.24, 2.45) is 0 Å². The van der Waals surface area contributed by atoms with Crippen LogP contribution in [0.4, 0.5) is 5.69 Å². The van der Waals surface area contributed by atoms with E-state index in [1.54, 1.807) is 4.90 Å². The van der Waals surface area contributed by atoms with Crippen LogP contribution in [0.25, 0.3) is 10.9 Å². The van der Waals surface area contributed by atoms with Crippen molar-refractivity contribution in [1.29, 1.82) is 0 Å². The molecule has 3 rings (SSSR count). The first-order valence-corrected chi connectivity index (χ1v) is 7.47. The zero-order chi connectivity index (χ0) is 16.1. The number of likely N-dealkylation sites (N-methyl/N-ethyl adjacent to an activating group) is 1. The summed E-state index contributed by atoms with van der Waals surface area (Å²) in [6.45, 7) is 2.45. The third-order valence-electron chi connectivity index (χ3n) is 3.52. The standard InChI is InChI=1S/C18H17N3O2/c1-2-21(14-8-4-3-5-9-14)17(22)12-23-18-15-10-6-7-11-16(15)19-13-20-18/h3-11,13H,2,12H2,1H3. The predicted octanol–water partition coefficient (Wildman–Crippen LogP) is 3.06. The van der Waals surface area contributed by atoms with Crippen LogP contribution >= 0.6 is 0 Å². The molecule has 1 amide bonds. The lowest BCUT2D eigenvalue weighted by Crippen LogP contribution is -2.34. The molecule has 1 heterocycles. The molecule has 0 fully saturated rings. The van der Waals surface area contributed by atoms with E-state index in [0.717, 1.165) is 16.6 Å². The highest BCUT2D eigenvalue weighted by Gasteiger charge is 2.15. The molecule has 0 spiro atoms. The monoisotopic (exact) mass is 307 g/mol. The molecule has 23 heavy (non-hydrogen) atoms. The van der Waals surface area contributed by atoms with Gasteiger partial charge < -0.3 is 9.64 Å². The van der Waals surface area contributed by atoms with Crippen molar-refractivity contribution in [2.45, 2.75) is 6.92 Å². The van der Waals surface area contributed by atoms with Crippen LogP contribution in [0, 0.1) is 0 Å². The first-order chi connectivity index (χ1) is 11.3. The number of hydrogen-bond acceptors (Lipinski definition) is 4. The molecule has 0 saturated carbocycles. The van der Waals surface area contributed by atoms with Crippen LogP contribution in [0.1, 0.15) is 6.92 Å². The molecule has 0 aliphatic heterocycles. The van der Waals surface area contributed by atoms with Gasteiger partial charge in [-0.2, -0.15) is 0 Å². The highest BCUT2D eigenvalue weighted by Crippen LogP contribution is 2.21. The second kappa shape index (κ2) is 6.87. The van der Waals surface area contributed by atoms with E-state index in [2.05, 4.69) is 9.97 Å². The van der Waals surface area contributed by atoms with Crippen LogP contribution in [-0.2, 0) is 4.79 Å². The van der Waals surface area contributed by atoms with E-state index in [0.29, 0.717) is 12.4 Å². The fraction of sp³-hybridized carbons (Fsp3) is 0.167. The van der Waals surface area contributed by atoms with E-state index in [1.807, 2.05) is 61.5 Å². The Hall–Kier alpha value is -2.95. The number of nitrogens with zero attached hydrogens (tertiary/aromatic N) is 3. The molecule has 0 unspecified atom stereocenters. The number of aromatic nitrogens is 2. The molecule has 0 atom stereocenters. The van der Waals surface area contributed by atoms with Gasteiger partial charge in [0.15, 0.2) is 6.61 Å². The lowest BCUT2D eigenvalue weighted by molar-refractivity contribution is -0.120. The third-order valence-corrected chi connectivity index (χ3v) is 3.52. The molecule has 0 aliphatic rings. The fourth-order valence-electron chi connectivity index (χ4n) is 2.41. The number of rotatable bonds is 5. The second-order valence-corrected chi connectivity index (χ2v) is 4.96. The Morgan fingerprint density at radius 1 is 1.04 bits per heavy atom. The van der Waals surface area contributed by atoms with Gasteiger partial charge >= 0.3 is 0 Å². The smallest absolute Gasteiger partial charge is 0.264 e. The molecule has 1 aromatic heterocycles. The van der Waals surface area contributed by atoms with Crippen LogP contribution in [0.3, 0.4) is 0 Å². The Morgan fingerprint density at radius 2 is 1.78 bits per heavy atom. The Bertz CT molecular complexity index is 800. The van der Waals surface area contributed by atoms with Crippen LogP contribution in [-0.4, -0.2) is 29.0 Å². The fourth-order valence-corrected chi connectivity index (χ4v) is 2.41. The largest absolute Gasteiger partial charge is 0.467 e. The van der Waals surface area contributed by atoms with Gasteiger partial charge in [0, 0.05) is 12.2 Å². The summed E-state index contributed by atoms with van der Waals surface area (Å²) in [4.78, 5) is 22.4. The summed E-state index contributed by atoms with van der Waals surface area (Å²) in [6.07, 6.45) is 1.44. The van der Waals surface area contributed by atoms with Gasteiger partial charge in [-0.1, -0.05) is 30.3 Å². The topological polar surface area (TPSA) is 55.3 Å². The maximum absolute atomic E-state index is 12.4. The predicted molar refractivity (Wildman–Crippen MR) is 89.5 cm³/mol. The van der Waals surface area contributed by atoms with Gasteiger partial charge in [-0.3, -0.25) is 4.79 Å². The number of ether oxygens (including phenoxy) is 1. The molecular formula is C18H17N3O2. The normalized spacial score (nSPS) is 10.5. The van der Waals surface area contributed by atoms with Crippen molar-refractivity contribution < 1.29 is 9.53 Å². The number of anilines is 1. The van der Waals surface area contributed by atoms with Crippen molar-refractivity contribution in [2.75, 3.05) is 18.1 Å². The quantitative estimate of drug-likeness (QED) is 0.727. The Labute approximate surface area is 134 Å². The maximum Gasteiger partial charge on any atom is 0.264 e. The highest BCUT2D eigenvalue weighted by atomic mass is 16.5. The summed E-state index contributed by atoms with van der Waals surface area (Å²) in [5, 5.41) is 0.797. The molecule has 5 nitrogen and oxygen atoms in total. The van der Waals surface area contributed by atoms with Gasteiger partial charge in [0.25, 0.3) is 5.91 Å². The minimum atomic E-state index is -0.110. The van der Waals surface area contributed by atoms with E-state index in [1.165, 1.54) is 6.33 Å². The van der Waals surface area contributed by atoms with Gasteiger partial charge in [0.05, 0.1) is 10.9 Å². The number of amides is 1. The van der Waals surface area contributed by atoms with Crippen LogP contribution < -0.4 is 9.64 Å². The molecule has 0 N–H and O–H groups in total. The molecule has 3 aromatic rings. The summed E-state index contributed by atoms with van der Waals surface area (Å²) in [5.74, 6) is 0.314. The van der Waals surface area contributed by atoms with Crippen molar-refractivity contribution in [3.8, 4) is 5.88 Å². The van der Waals surface area contributed by atoms with E-state index >= 15 is 0 Å². The van der Waals surface area contributed by atoms with Gasteiger partial charge in [-0.15, -0.1) is 0 Å². The second-order valence-electron chi connectivity index (χ2n) is 4.96. The summed E-state index contributed by atoms with van der Waals surface area (Å²) in [7, 11) is 0. The molecular weight excluding hydrogens is 290 g/mol. The zero-order valence-corrected chi connectivity index (χ0v) is 12.8. The molecule has 0 bridgehead atoms.